The number of thiazole rings is 1. The quantitative estimate of drug-likeness (QED) is 0.784. The molecule has 106 valence electrons. The number of aromatic nitrogens is 2. The Balaban J connectivity index is 1.55. The molecule has 0 aliphatic heterocycles. The van der Waals surface area contributed by atoms with Crippen LogP contribution >= 0.6 is 11.3 Å². The molecule has 2 heterocycles. The van der Waals surface area contributed by atoms with Crippen LogP contribution in [0.1, 0.15) is 12.0 Å². The van der Waals surface area contributed by atoms with Gasteiger partial charge in [0.1, 0.15) is 10.7 Å². The second kappa shape index (κ2) is 6.32. The van der Waals surface area contributed by atoms with Crippen LogP contribution in [0.25, 0.3) is 10.7 Å². The molecular formula is C15H13N3O2S. The van der Waals surface area contributed by atoms with Gasteiger partial charge in [-0.3, -0.25) is 10.1 Å². The van der Waals surface area contributed by atoms with Crippen LogP contribution in [0, 0.1) is 0 Å². The average molecular weight is 299 g/mol. The number of amides is 1. The van der Waals surface area contributed by atoms with Crippen molar-refractivity contribution in [3.05, 3.63) is 53.5 Å². The summed E-state index contributed by atoms with van der Waals surface area (Å²) in [6, 6.07) is 11.6. The van der Waals surface area contributed by atoms with E-state index >= 15 is 0 Å². The molecule has 1 aromatic carbocycles. The Hall–Kier alpha value is -2.47. The van der Waals surface area contributed by atoms with Gasteiger partial charge in [-0.15, -0.1) is 11.3 Å². The lowest BCUT2D eigenvalue weighted by atomic mass is 10.1. The minimum atomic E-state index is -0.0966. The van der Waals surface area contributed by atoms with Gasteiger partial charge < -0.3 is 4.52 Å². The van der Waals surface area contributed by atoms with Crippen molar-refractivity contribution in [1.29, 1.82) is 0 Å². The number of benzene rings is 1. The number of rotatable bonds is 5. The number of nitrogens with zero attached hydrogens (tertiary/aromatic N) is 2. The van der Waals surface area contributed by atoms with Gasteiger partial charge in [0.05, 0.1) is 0 Å². The first-order valence-electron chi connectivity index (χ1n) is 6.51. The number of hydrogen-bond acceptors (Lipinski definition) is 5. The van der Waals surface area contributed by atoms with Gasteiger partial charge in [0.15, 0.2) is 0 Å². The Morgan fingerprint density at radius 2 is 2.14 bits per heavy atom. The number of hydrogen-bond donors (Lipinski definition) is 1. The van der Waals surface area contributed by atoms with Crippen molar-refractivity contribution in [3.8, 4) is 10.7 Å². The summed E-state index contributed by atoms with van der Waals surface area (Å²) in [6.45, 7) is 0. The number of aryl methyl sites for hydroxylation is 1. The highest BCUT2D eigenvalue weighted by Gasteiger charge is 2.11. The van der Waals surface area contributed by atoms with Crippen LogP contribution in [0.5, 0.6) is 0 Å². The zero-order valence-corrected chi connectivity index (χ0v) is 12.0. The summed E-state index contributed by atoms with van der Waals surface area (Å²) >= 11 is 1.47. The Morgan fingerprint density at radius 1 is 1.29 bits per heavy atom. The van der Waals surface area contributed by atoms with Crippen molar-refractivity contribution < 1.29 is 9.32 Å². The molecule has 1 N–H and O–H groups in total. The molecule has 0 radical (unpaired) electrons. The summed E-state index contributed by atoms with van der Waals surface area (Å²) in [4.78, 5) is 16.0. The van der Waals surface area contributed by atoms with E-state index in [2.05, 4.69) is 15.5 Å². The molecule has 3 aromatic rings. The fourth-order valence-corrected chi connectivity index (χ4v) is 2.48. The summed E-state index contributed by atoms with van der Waals surface area (Å²) in [5.74, 6) is 0.249. The van der Waals surface area contributed by atoms with Crippen molar-refractivity contribution in [3.63, 3.8) is 0 Å². The fourth-order valence-electron chi connectivity index (χ4n) is 1.89. The summed E-state index contributed by atoms with van der Waals surface area (Å²) in [6.07, 6.45) is 2.80. The van der Waals surface area contributed by atoms with Crippen molar-refractivity contribution in [2.45, 2.75) is 12.8 Å². The summed E-state index contributed by atoms with van der Waals surface area (Å²) in [5.41, 5.74) is 1.76. The molecule has 6 heteroatoms. The largest absolute Gasteiger partial charge is 0.338 e. The zero-order chi connectivity index (χ0) is 14.5. The van der Waals surface area contributed by atoms with Crippen molar-refractivity contribution in [1.82, 2.24) is 10.1 Å². The molecule has 0 unspecified atom stereocenters. The first kappa shape index (κ1) is 13.5. The lowest BCUT2D eigenvalue weighted by Gasteiger charge is -2.01. The lowest BCUT2D eigenvalue weighted by molar-refractivity contribution is -0.116. The van der Waals surface area contributed by atoms with Gasteiger partial charge >= 0.3 is 0 Å². The smallest absolute Gasteiger partial charge is 0.231 e. The highest BCUT2D eigenvalue weighted by molar-refractivity contribution is 7.13. The first-order valence-corrected chi connectivity index (χ1v) is 7.39. The van der Waals surface area contributed by atoms with Gasteiger partial charge in [-0.05, 0) is 12.0 Å². The average Bonchev–Trinajstić information content (AvgIpc) is 3.17. The fraction of sp³-hybridized carbons (Fsp3) is 0.133. The van der Waals surface area contributed by atoms with E-state index in [9.17, 15) is 4.79 Å². The van der Waals surface area contributed by atoms with Crippen molar-refractivity contribution >= 4 is 23.1 Å². The van der Waals surface area contributed by atoms with Crippen molar-refractivity contribution in [2.24, 2.45) is 0 Å². The maximum Gasteiger partial charge on any atom is 0.231 e. The summed E-state index contributed by atoms with van der Waals surface area (Å²) in [7, 11) is 0. The van der Waals surface area contributed by atoms with Gasteiger partial charge in [0.25, 0.3) is 0 Å². The van der Waals surface area contributed by atoms with Gasteiger partial charge in [0.2, 0.25) is 11.8 Å². The molecule has 0 atom stereocenters. The van der Waals surface area contributed by atoms with Crippen molar-refractivity contribution in [2.75, 3.05) is 5.32 Å². The van der Waals surface area contributed by atoms with Gasteiger partial charge in [0, 0.05) is 24.1 Å². The third kappa shape index (κ3) is 3.55. The monoisotopic (exact) mass is 299 g/mol. The minimum Gasteiger partial charge on any atom is -0.338 e. The van der Waals surface area contributed by atoms with Gasteiger partial charge in [-0.1, -0.05) is 35.5 Å². The van der Waals surface area contributed by atoms with E-state index in [1.165, 1.54) is 11.3 Å². The molecule has 2 aromatic heterocycles. The van der Waals surface area contributed by atoms with Crippen LogP contribution in [0.2, 0.25) is 0 Å². The number of anilines is 1. The van der Waals surface area contributed by atoms with E-state index in [0.29, 0.717) is 24.4 Å². The van der Waals surface area contributed by atoms with Crippen LogP contribution in [-0.4, -0.2) is 16.0 Å². The predicted molar refractivity (Wildman–Crippen MR) is 81.0 cm³/mol. The topological polar surface area (TPSA) is 68.0 Å². The number of nitrogens with one attached hydrogen (secondary N) is 1. The molecule has 0 saturated carbocycles. The molecule has 1 amide bonds. The van der Waals surface area contributed by atoms with Crippen LogP contribution < -0.4 is 5.32 Å². The molecule has 5 nitrogen and oxygen atoms in total. The van der Waals surface area contributed by atoms with Gasteiger partial charge in [-0.2, -0.15) is 0 Å². The molecule has 0 saturated heterocycles. The Morgan fingerprint density at radius 3 is 2.90 bits per heavy atom. The highest BCUT2D eigenvalue weighted by atomic mass is 32.1. The SMILES string of the molecule is O=C(CCc1ccccc1)Nc1cc(-c2nccs2)no1. The van der Waals surface area contributed by atoms with Crippen LogP contribution in [-0.2, 0) is 11.2 Å². The summed E-state index contributed by atoms with van der Waals surface area (Å²) in [5, 5.41) is 9.22. The molecule has 0 aliphatic carbocycles. The lowest BCUT2D eigenvalue weighted by Crippen LogP contribution is -2.11. The van der Waals surface area contributed by atoms with Crippen LogP contribution in [0.3, 0.4) is 0 Å². The number of carbonyl (C=O) groups is 1. The molecule has 0 aliphatic rings. The summed E-state index contributed by atoms with van der Waals surface area (Å²) < 4.78 is 5.10. The van der Waals surface area contributed by atoms with E-state index in [1.807, 2.05) is 35.7 Å². The number of carbonyl (C=O) groups excluding carboxylic acids is 1. The molecule has 21 heavy (non-hydrogen) atoms. The first-order chi connectivity index (χ1) is 10.3. The van der Waals surface area contributed by atoms with E-state index in [1.54, 1.807) is 12.3 Å². The maximum absolute atomic E-state index is 11.9. The molecular weight excluding hydrogens is 286 g/mol. The van der Waals surface area contributed by atoms with E-state index < -0.39 is 0 Å². The third-order valence-electron chi connectivity index (χ3n) is 2.91. The highest BCUT2D eigenvalue weighted by Crippen LogP contribution is 2.23. The molecule has 3 rings (SSSR count). The van der Waals surface area contributed by atoms with E-state index in [0.717, 1.165) is 10.6 Å². The Labute approximate surface area is 125 Å². The van der Waals surface area contributed by atoms with Gasteiger partial charge in [-0.25, -0.2) is 4.98 Å². The van der Waals surface area contributed by atoms with E-state index in [4.69, 9.17) is 4.52 Å². The molecule has 0 bridgehead atoms. The van der Waals surface area contributed by atoms with E-state index in [-0.39, 0.29) is 5.91 Å². The third-order valence-corrected chi connectivity index (χ3v) is 3.70. The molecule has 0 spiro atoms. The second-order valence-corrected chi connectivity index (χ2v) is 5.34. The van der Waals surface area contributed by atoms with Crippen LogP contribution in [0.4, 0.5) is 5.88 Å². The Kier molecular flexibility index (Phi) is 4.07. The van der Waals surface area contributed by atoms with Crippen LogP contribution in [0.15, 0.2) is 52.5 Å². The predicted octanol–water partition coefficient (Wildman–Crippen LogP) is 3.37. The molecule has 0 fully saturated rings. The maximum atomic E-state index is 11.9. The second-order valence-electron chi connectivity index (χ2n) is 4.45. The standard InChI is InChI=1S/C15H13N3O2S/c19-13(7-6-11-4-2-1-3-5-11)17-14-10-12(18-20-14)15-16-8-9-21-15/h1-5,8-10H,6-7H2,(H,17,19). The minimum absolute atomic E-state index is 0.0966. The normalized spacial score (nSPS) is 10.5. The zero-order valence-electron chi connectivity index (χ0n) is 11.2. The Bertz CT molecular complexity index is 708.